The van der Waals surface area contributed by atoms with Gasteiger partial charge in [0.2, 0.25) is 0 Å². The van der Waals surface area contributed by atoms with Gasteiger partial charge >= 0.3 is 0 Å². The molecule has 2 aromatic rings. The monoisotopic (exact) mass is 459 g/mol. The summed E-state index contributed by atoms with van der Waals surface area (Å²) in [7, 11) is 2.96. The van der Waals surface area contributed by atoms with Crippen molar-refractivity contribution in [3.8, 4) is 11.5 Å². The number of rotatable bonds is 8. The first-order valence-corrected chi connectivity index (χ1v) is 10.5. The zero-order valence-electron chi connectivity index (χ0n) is 18.4. The van der Waals surface area contributed by atoms with Crippen LogP contribution in [-0.2, 0) is 14.3 Å². The van der Waals surface area contributed by atoms with Crippen LogP contribution < -0.4 is 9.47 Å². The van der Waals surface area contributed by atoms with Crippen molar-refractivity contribution in [2.75, 3.05) is 27.4 Å². The molecule has 0 bridgehead atoms. The lowest BCUT2D eigenvalue weighted by Gasteiger charge is -2.26. The number of methoxy groups -OCH3 is 2. The molecule has 1 heterocycles. The summed E-state index contributed by atoms with van der Waals surface area (Å²) in [4.78, 5) is 27.5. The largest absolute Gasteiger partial charge is 0.507 e. The van der Waals surface area contributed by atoms with E-state index in [1.165, 1.54) is 25.2 Å². The number of ether oxygens (including phenoxy) is 3. The second-order valence-corrected chi connectivity index (χ2v) is 7.91. The Morgan fingerprint density at radius 2 is 1.78 bits per heavy atom. The molecule has 7 nitrogen and oxygen atoms in total. The van der Waals surface area contributed by atoms with E-state index < -0.39 is 17.7 Å². The van der Waals surface area contributed by atoms with Crippen molar-refractivity contribution in [2.45, 2.75) is 26.0 Å². The van der Waals surface area contributed by atoms with Gasteiger partial charge in [-0.1, -0.05) is 29.8 Å². The Hall–Kier alpha value is -3.03. The molecule has 0 spiro atoms. The highest BCUT2D eigenvalue weighted by Crippen LogP contribution is 2.43. The van der Waals surface area contributed by atoms with Crippen molar-refractivity contribution in [3.63, 3.8) is 0 Å². The number of hydrogen-bond acceptors (Lipinski definition) is 6. The van der Waals surface area contributed by atoms with Crippen LogP contribution in [-0.4, -0.2) is 55.2 Å². The summed E-state index contributed by atoms with van der Waals surface area (Å²) in [5.74, 6) is -0.980. The number of carbonyl (C=O) groups is 2. The van der Waals surface area contributed by atoms with Gasteiger partial charge in [-0.05, 0) is 38.1 Å². The highest BCUT2D eigenvalue weighted by atomic mass is 35.5. The fourth-order valence-corrected chi connectivity index (χ4v) is 3.87. The number of aliphatic hydroxyl groups is 1. The van der Waals surface area contributed by atoms with E-state index in [1.807, 2.05) is 13.8 Å². The van der Waals surface area contributed by atoms with E-state index in [9.17, 15) is 14.7 Å². The highest BCUT2D eigenvalue weighted by Gasteiger charge is 2.46. The van der Waals surface area contributed by atoms with Crippen LogP contribution in [0.2, 0.25) is 5.02 Å². The van der Waals surface area contributed by atoms with E-state index in [1.54, 1.807) is 36.4 Å². The first-order chi connectivity index (χ1) is 15.3. The molecule has 2 aromatic carbocycles. The first kappa shape index (κ1) is 23.6. The molecule has 1 N–H and O–H groups in total. The molecule has 0 aliphatic carbocycles. The van der Waals surface area contributed by atoms with Gasteiger partial charge in [0.1, 0.15) is 17.3 Å². The molecule has 0 aromatic heterocycles. The van der Waals surface area contributed by atoms with Crippen LogP contribution in [0.5, 0.6) is 11.5 Å². The minimum Gasteiger partial charge on any atom is -0.507 e. The van der Waals surface area contributed by atoms with Gasteiger partial charge < -0.3 is 24.2 Å². The number of aliphatic hydroxyl groups excluding tert-OH is 1. The maximum Gasteiger partial charge on any atom is 0.295 e. The van der Waals surface area contributed by atoms with Crippen molar-refractivity contribution in [1.82, 2.24) is 4.90 Å². The normalized spacial score (nSPS) is 17.8. The summed E-state index contributed by atoms with van der Waals surface area (Å²) in [6.07, 6.45) is -0.0296. The molecule has 1 amide bonds. The van der Waals surface area contributed by atoms with Gasteiger partial charge in [-0.2, -0.15) is 0 Å². The van der Waals surface area contributed by atoms with Gasteiger partial charge in [0.05, 0.1) is 43.6 Å². The molecule has 1 saturated heterocycles. The molecule has 8 heteroatoms. The summed E-state index contributed by atoms with van der Waals surface area (Å²) in [5.41, 5.74) is 0.859. The third-order valence-corrected chi connectivity index (χ3v) is 5.49. The third kappa shape index (κ3) is 4.59. The van der Waals surface area contributed by atoms with E-state index in [4.69, 9.17) is 25.8 Å². The van der Waals surface area contributed by atoms with Gasteiger partial charge in [0.15, 0.2) is 0 Å². The van der Waals surface area contributed by atoms with Gasteiger partial charge in [-0.15, -0.1) is 0 Å². The molecule has 1 aliphatic heterocycles. The number of Topliss-reactive ketones (excluding diaryl/α,β-unsaturated/α-hetero) is 1. The zero-order valence-corrected chi connectivity index (χ0v) is 19.2. The number of para-hydroxylation sites is 1. The lowest BCUT2D eigenvalue weighted by molar-refractivity contribution is -0.140. The van der Waals surface area contributed by atoms with Crippen molar-refractivity contribution in [1.29, 1.82) is 0 Å². The highest BCUT2D eigenvalue weighted by molar-refractivity contribution is 6.46. The van der Waals surface area contributed by atoms with Crippen LogP contribution in [0.4, 0.5) is 0 Å². The van der Waals surface area contributed by atoms with Gasteiger partial charge in [-0.3, -0.25) is 9.59 Å². The predicted octanol–water partition coefficient (Wildman–Crippen LogP) is 4.20. The molecular formula is C24H26ClNO6. The minimum absolute atomic E-state index is 0.0296. The van der Waals surface area contributed by atoms with Crippen molar-refractivity contribution < 1.29 is 28.9 Å². The second-order valence-electron chi connectivity index (χ2n) is 7.50. The number of carbonyl (C=O) groups excluding carboxylic acids is 2. The molecule has 3 rings (SSSR count). The van der Waals surface area contributed by atoms with Crippen molar-refractivity contribution in [3.05, 3.63) is 64.2 Å². The summed E-state index contributed by atoms with van der Waals surface area (Å²) in [5, 5.41) is 11.5. The number of hydrogen-bond donors (Lipinski definition) is 1. The number of halogens is 1. The average Bonchev–Trinajstić information content (AvgIpc) is 3.03. The molecule has 1 atom stereocenters. The standard InChI is InChI=1S/C24H26ClNO6/c1-14(2)32-12-11-26-21(16-7-5-6-8-18(16)30-3)20(23(28)24(26)29)22(27)15-9-10-17(25)19(13-15)31-4/h5-10,13-14,21,27H,11-12H2,1-4H3/b22-20+. The summed E-state index contributed by atoms with van der Waals surface area (Å²) in [6, 6.07) is 10.9. The van der Waals surface area contributed by atoms with Crippen LogP contribution in [0, 0.1) is 0 Å². The molecular weight excluding hydrogens is 434 g/mol. The average molecular weight is 460 g/mol. The van der Waals surface area contributed by atoms with E-state index in [2.05, 4.69) is 0 Å². The Balaban J connectivity index is 2.16. The number of nitrogens with zero attached hydrogens (tertiary/aromatic N) is 1. The quantitative estimate of drug-likeness (QED) is 0.361. The Morgan fingerprint density at radius 1 is 1.09 bits per heavy atom. The smallest absolute Gasteiger partial charge is 0.295 e. The van der Waals surface area contributed by atoms with Crippen LogP contribution in [0.3, 0.4) is 0 Å². The molecule has 1 unspecified atom stereocenters. The second kappa shape index (κ2) is 10.1. The Kier molecular flexibility index (Phi) is 7.43. The van der Waals surface area contributed by atoms with E-state index in [-0.39, 0.29) is 30.6 Å². The minimum atomic E-state index is -0.844. The third-order valence-electron chi connectivity index (χ3n) is 5.18. The van der Waals surface area contributed by atoms with Crippen LogP contribution >= 0.6 is 11.6 Å². The predicted molar refractivity (Wildman–Crippen MR) is 121 cm³/mol. The Morgan fingerprint density at radius 3 is 2.44 bits per heavy atom. The number of benzene rings is 2. The molecule has 0 radical (unpaired) electrons. The number of amides is 1. The summed E-state index contributed by atoms with van der Waals surface area (Å²) < 4.78 is 16.3. The maximum absolute atomic E-state index is 13.1. The van der Waals surface area contributed by atoms with E-state index in [0.717, 1.165) is 0 Å². The van der Waals surface area contributed by atoms with Gasteiger partial charge in [-0.25, -0.2) is 0 Å². The molecule has 32 heavy (non-hydrogen) atoms. The lowest BCUT2D eigenvalue weighted by Crippen LogP contribution is -2.33. The molecule has 1 aliphatic rings. The van der Waals surface area contributed by atoms with Crippen LogP contribution in [0.1, 0.15) is 31.0 Å². The fourth-order valence-electron chi connectivity index (χ4n) is 3.68. The van der Waals surface area contributed by atoms with E-state index in [0.29, 0.717) is 27.6 Å². The number of likely N-dealkylation sites (tertiary alicyclic amines) is 1. The van der Waals surface area contributed by atoms with Crippen molar-refractivity contribution in [2.24, 2.45) is 0 Å². The summed E-state index contributed by atoms with van der Waals surface area (Å²) >= 11 is 6.10. The molecule has 0 saturated carbocycles. The zero-order chi connectivity index (χ0) is 23.4. The molecule has 1 fully saturated rings. The Labute approximate surface area is 192 Å². The van der Waals surface area contributed by atoms with Crippen LogP contribution in [0.15, 0.2) is 48.0 Å². The maximum atomic E-state index is 13.1. The van der Waals surface area contributed by atoms with E-state index >= 15 is 0 Å². The first-order valence-electron chi connectivity index (χ1n) is 10.2. The van der Waals surface area contributed by atoms with Gasteiger partial charge in [0.25, 0.3) is 11.7 Å². The Bertz CT molecular complexity index is 1050. The lowest BCUT2D eigenvalue weighted by atomic mass is 9.94. The number of ketones is 1. The van der Waals surface area contributed by atoms with Gasteiger partial charge in [0, 0.05) is 17.7 Å². The topological polar surface area (TPSA) is 85.3 Å². The SMILES string of the molecule is COc1cc(/C(O)=C2\C(=O)C(=O)N(CCOC(C)C)C2c2ccccc2OC)ccc1Cl. The van der Waals surface area contributed by atoms with Crippen molar-refractivity contribution >= 4 is 29.1 Å². The summed E-state index contributed by atoms with van der Waals surface area (Å²) in [6.45, 7) is 4.19. The van der Waals surface area contributed by atoms with Crippen LogP contribution in [0.25, 0.3) is 5.76 Å². The fraction of sp³-hybridized carbons (Fsp3) is 0.333. The molecule has 170 valence electrons.